The molecule has 0 saturated heterocycles. The number of halogens is 1. The van der Waals surface area contributed by atoms with Gasteiger partial charge in [0.05, 0.1) is 28.9 Å². The van der Waals surface area contributed by atoms with E-state index in [-0.39, 0.29) is 24.4 Å². The van der Waals surface area contributed by atoms with Crippen molar-refractivity contribution in [3.8, 4) is 0 Å². The summed E-state index contributed by atoms with van der Waals surface area (Å²) in [5.41, 5.74) is -0.788. The Morgan fingerprint density at radius 1 is 1.10 bits per heavy atom. The van der Waals surface area contributed by atoms with Crippen molar-refractivity contribution in [3.05, 3.63) is 92.1 Å². The van der Waals surface area contributed by atoms with Crippen LogP contribution in [-0.2, 0) is 16.0 Å². The van der Waals surface area contributed by atoms with E-state index in [1.807, 2.05) is 0 Å². The van der Waals surface area contributed by atoms with Crippen molar-refractivity contribution in [2.45, 2.75) is 19.1 Å². The lowest BCUT2D eigenvalue weighted by molar-refractivity contribution is -0.384. The maximum absolute atomic E-state index is 12.7. The van der Waals surface area contributed by atoms with E-state index in [4.69, 9.17) is 9.47 Å². The predicted octanol–water partition coefficient (Wildman–Crippen LogP) is 3.87. The molecule has 0 aliphatic carbocycles. The zero-order chi connectivity index (χ0) is 22.4. The van der Waals surface area contributed by atoms with E-state index in [1.165, 1.54) is 24.3 Å². The number of non-ortho nitro benzene ring substituents is 1. The topological polar surface area (TPSA) is 114 Å². The van der Waals surface area contributed by atoms with Gasteiger partial charge in [0.25, 0.3) is 5.69 Å². The normalized spacial score (nSPS) is 12.6. The van der Waals surface area contributed by atoms with Gasteiger partial charge in [-0.25, -0.2) is 14.6 Å². The molecule has 1 aromatic heterocycles. The molecule has 2 aromatic carbocycles. The smallest absolute Gasteiger partial charge is 0.338 e. The first-order valence-corrected chi connectivity index (χ1v) is 10.2. The van der Waals surface area contributed by atoms with Crippen LogP contribution in [0.4, 0.5) is 5.69 Å². The summed E-state index contributed by atoms with van der Waals surface area (Å²) in [5.74, 6) is -1.23. The molecule has 0 N–H and O–H groups in total. The van der Waals surface area contributed by atoms with Gasteiger partial charge in [-0.15, -0.1) is 0 Å². The highest BCUT2D eigenvalue weighted by molar-refractivity contribution is 14.1. The van der Waals surface area contributed by atoms with E-state index in [1.54, 1.807) is 54.5 Å². The van der Waals surface area contributed by atoms with E-state index in [0.717, 1.165) is 3.57 Å². The molecule has 160 valence electrons. The van der Waals surface area contributed by atoms with Crippen molar-refractivity contribution in [2.75, 3.05) is 6.61 Å². The van der Waals surface area contributed by atoms with Gasteiger partial charge in [-0.05, 0) is 65.9 Å². The molecule has 0 fully saturated rings. The number of carbonyl (C=O) groups excluding carboxylic acids is 2. The quantitative estimate of drug-likeness (QED) is 0.186. The lowest BCUT2D eigenvalue weighted by atomic mass is 10.1. The fraction of sp³-hybridized carbons (Fsp3) is 0.190. The van der Waals surface area contributed by atoms with Gasteiger partial charge in [0.1, 0.15) is 6.61 Å². The number of nitro groups is 1. The maximum Gasteiger partial charge on any atom is 0.338 e. The first kappa shape index (κ1) is 22.4. The van der Waals surface area contributed by atoms with Crippen LogP contribution in [-0.4, -0.2) is 38.6 Å². The standard InChI is InChI=1S/C21H18IN3O6/c1-21(12-24-11-10-23-14-24,31-20(27)16-2-6-17(22)7-3-16)13-30-19(26)15-4-8-18(9-5-15)25(28)29/h2-11,14H,12-13H2,1H3/t21-/m0/s1. The molecule has 0 amide bonds. The summed E-state index contributed by atoms with van der Waals surface area (Å²) < 4.78 is 13.8. The Kier molecular flexibility index (Phi) is 7.00. The summed E-state index contributed by atoms with van der Waals surface area (Å²) in [7, 11) is 0. The summed E-state index contributed by atoms with van der Waals surface area (Å²) in [6.07, 6.45) is 4.86. The minimum absolute atomic E-state index is 0.132. The molecule has 3 aromatic rings. The number of nitrogens with zero attached hydrogens (tertiary/aromatic N) is 3. The maximum atomic E-state index is 12.7. The molecule has 0 saturated carbocycles. The Bertz CT molecular complexity index is 1070. The molecule has 31 heavy (non-hydrogen) atoms. The number of nitro benzene ring substituents is 1. The number of rotatable bonds is 8. The zero-order valence-electron chi connectivity index (χ0n) is 16.4. The van der Waals surface area contributed by atoms with E-state index in [9.17, 15) is 19.7 Å². The third kappa shape index (κ3) is 6.10. The van der Waals surface area contributed by atoms with Crippen LogP contribution >= 0.6 is 22.6 Å². The van der Waals surface area contributed by atoms with Crippen molar-refractivity contribution >= 4 is 40.2 Å². The molecule has 1 heterocycles. The Morgan fingerprint density at radius 2 is 1.71 bits per heavy atom. The zero-order valence-corrected chi connectivity index (χ0v) is 18.6. The molecule has 0 aliphatic heterocycles. The lowest BCUT2D eigenvalue weighted by Gasteiger charge is -2.29. The molecule has 9 nitrogen and oxygen atoms in total. The van der Waals surface area contributed by atoms with Crippen molar-refractivity contribution < 1.29 is 24.0 Å². The van der Waals surface area contributed by atoms with Crippen LogP contribution < -0.4 is 0 Å². The van der Waals surface area contributed by atoms with Gasteiger partial charge in [0.2, 0.25) is 0 Å². The monoisotopic (exact) mass is 535 g/mol. The molecule has 10 heteroatoms. The predicted molar refractivity (Wildman–Crippen MR) is 119 cm³/mol. The molecule has 0 radical (unpaired) electrons. The third-order valence-electron chi connectivity index (χ3n) is 4.32. The highest BCUT2D eigenvalue weighted by Crippen LogP contribution is 2.20. The number of aromatic nitrogens is 2. The second kappa shape index (κ2) is 9.69. The van der Waals surface area contributed by atoms with Gasteiger partial charge in [0, 0.05) is 28.1 Å². The van der Waals surface area contributed by atoms with Gasteiger partial charge in [-0.1, -0.05) is 0 Å². The summed E-state index contributed by atoms with van der Waals surface area (Å²) in [4.78, 5) is 39.3. The summed E-state index contributed by atoms with van der Waals surface area (Å²) in [5, 5.41) is 10.8. The van der Waals surface area contributed by atoms with Crippen molar-refractivity contribution in [1.29, 1.82) is 0 Å². The Labute approximate surface area is 191 Å². The van der Waals surface area contributed by atoms with Gasteiger partial charge in [-0.3, -0.25) is 10.1 Å². The third-order valence-corrected chi connectivity index (χ3v) is 5.04. The van der Waals surface area contributed by atoms with Gasteiger partial charge in [0.15, 0.2) is 5.60 Å². The van der Waals surface area contributed by atoms with Crippen LogP contribution in [0.1, 0.15) is 27.6 Å². The molecule has 1 atom stereocenters. The molecule has 0 unspecified atom stereocenters. The van der Waals surface area contributed by atoms with E-state index >= 15 is 0 Å². The summed E-state index contributed by atoms with van der Waals surface area (Å²) >= 11 is 2.14. The molecule has 0 aliphatic rings. The Morgan fingerprint density at radius 3 is 2.29 bits per heavy atom. The first-order chi connectivity index (χ1) is 14.8. The molecular weight excluding hydrogens is 517 g/mol. The minimum atomic E-state index is -1.18. The fourth-order valence-electron chi connectivity index (χ4n) is 2.76. The van der Waals surface area contributed by atoms with Gasteiger partial charge < -0.3 is 14.0 Å². The molecule has 3 rings (SSSR count). The van der Waals surface area contributed by atoms with E-state index in [0.29, 0.717) is 5.56 Å². The van der Waals surface area contributed by atoms with Crippen LogP contribution in [0.15, 0.2) is 67.3 Å². The number of hydrogen-bond donors (Lipinski definition) is 0. The molecule has 0 bridgehead atoms. The van der Waals surface area contributed by atoms with Gasteiger partial charge >= 0.3 is 11.9 Å². The average Bonchev–Trinajstić information content (AvgIpc) is 3.25. The Balaban J connectivity index is 1.73. The number of esters is 2. The second-order valence-electron chi connectivity index (χ2n) is 6.96. The van der Waals surface area contributed by atoms with Crippen LogP contribution in [0.5, 0.6) is 0 Å². The van der Waals surface area contributed by atoms with Crippen molar-refractivity contribution in [2.24, 2.45) is 0 Å². The Hall–Kier alpha value is -3.28. The van der Waals surface area contributed by atoms with Crippen molar-refractivity contribution in [3.63, 3.8) is 0 Å². The number of ether oxygens (including phenoxy) is 2. The van der Waals surface area contributed by atoms with Crippen LogP contribution in [0.3, 0.4) is 0 Å². The van der Waals surface area contributed by atoms with E-state index in [2.05, 4.69) is 27.6 Å². The van der Waals surface area contributed by atoms with Crippen LogP contribution in [0.25, 0.3) is 0 Å². The minimum Gasteiger partial charge on any atom is -0.458 e. The number of benzene rings is 2. The largest absolute Gasteiger partial charge is 0.458 e. The average molecular weight is 535 g/mol. The number of imidazole rings is 1. The highest BCUT2D eigenvalue weighted by Gasteiger charge is 2.32. The molecule has 0 spiro atoms. The van der Waals surface area contributed by atoms with Gasteiger partial charge in [-0.2, -0.15) is 0 Å². The number of hydrogen-bond acceptors (Lipinski definition) is 7. The SMILES string of the molecule is C[C@@](COC(=O)c1ccc([N+](=O)[O-])cc1)(Cn1ccnc1)OC(=O)c1ccc(I)cc1. The summed E-state index contributed by atoms with van der Waals surface area (Å²) in [6, 6.07) is 12.0. The fourth-order valence-corrected chi connectivity index (χ4v) is 3.12. The van der Waals surface area contributed by atoms with E-state index < -0.39 is 22.5 Å². The number of carbonyl (C=O) groups is 2. The lowest BCUT2D eigenvalue weighted by Crippen LogP contribution is -2.41. The highest BCUT2D eigenvalue weighted by atomic mass is 127. The van der Waals surface area contributed by atoms with Crippen LogP contribution in [0, 0.1) is 13.7 Å². The first-order valence-electron chi connectivity index (χ1n) is 9.12. The van der Waals surface area contributed by atoms with Crippen LogP contribution in [0.2, 0.25) is 0 Å². The van der Waals surface area contributed by atoms with Crippen molar-refractivity contribution in [1.82, 2.24) is 9.55 Å². The summed E-state index contributed by atoms with van der Waals surface area (Å²) in [6.45, 7) is 1.63. The second-order valence-corrected chi connectivity index (χ2v) is 8.21. The molecular formula is C21H18IN3O6.